The molecule has 35 heavy (non-hydrogen) atoms. The highest BCUT2D eigenvalue weighted by molar-refractivity contribution is 7.42. The average molecular weight is 495 g/mol. The zero-order chi connectivity index (χ0) is 25.9. The number of benzene rings is 2. The van der Waals surface area contributed by atoms with Crippen molar-refractivity contribution in [3.8, 4) is 34.2 Å². The molecule has 0 saturated carbocycles. The molecule has 0 bridgehead atoms. The molecule has 0 radical (unpaired) electrons. The van der Waals surface area contributed by atoms with E-state index in [-0.39, 0.29) is 5.92 Å². The summed E-state index contributed by atoms with van der Waals surface area (Å²) in [5.41, 5.74) is 4.42. The van der Waals surface area contributed by atoms with Crippen molar-refractivity contribution in [3.63, 3.8) is 0 Å². The normalized spacial score (nSPS) is 14.5. The first-order valence-corrected chi connectivity index (χ1v) is 12.4. The molecule has 0 fully saturated rings. The summed E-state index contributed by atoms with van der Waals surface area (Å²) in [5.74, 6) is 2.96. The molecule has 3 rings (SSSR count). The number of carboxylic acid groups (broad SMARTS) is 1. The van der Waals surface area contributed by atoms with Crippen LogP contribution in [-0.2, 0) is 9.36 Å². The number of hydrogen-bond donors (Lipinski definition) is 3. The van der Waals surface area contributed by atoms with Gasteiger partial charge in [0.2, 0.25) is 13.2 Å². The van der Waals surface area contributed by atoms with E-state index in [1.807, 2.05) is 51.1 Å². The van der Waals surface area contributed by atoms with Gasteiger partial charge in [0.15, 0.2) is 0 Å². The van der Waals surface area contributed by atoms with Crippen molar-refractivity contribution in [1.82, 2.24) is 4.98 Å². The number of halogens is 1. The molecule has 0 aliphatic rings. The minimum atomic E-state index is -3.82. The number of carboxylic acids is 1. The molecular formula is C27H27FNO5P. The fourth-order valence-corrected chi connectivity index (χ4v) is 4.62. The molecule has 0 saturated heterocycles. The standard InChI is InChI=1S/C27H27FNO5P/c1-16(2)24-22(14-15-27(18(4)30,26(31)32)35(33)34)23(19-10-12-21(28)13-11-19)17(3)25(29-24)20-8-6-5-7-9-20/h5-13,16,18,30,35H,1-4H3,(H,31,32)(H,33,34). The summed E-state index contributed by atoms with van der Waals surface area (Å²) in [5, 5.41) is 17.3. The zero-order valence-corrected chi connectivity index (χ0v) is 20.8. The highest BCUT2D eigenvalue weighted by Gasteiger charge is 2.48. The molecule has 3 atom stereocenters. The molecule has 0 aliphatic heterocycles. The van der Waals surface area contributed by atoms with E-state index in [9.17, 15) is 28.9 Å². The van der Waals surface area contributed by atoms with E-state index < -0.39 is 31.1 Å². The maximum atomic E-state index is 13.7. The minimum absolute atomic E-state index is 0.154. The van der Waals surface area contributed by atoms with Crippen LogP contribution in [0, 0.1) is 24.6 Å². The van der Waals surface area contributed by atoms with Gasteiger partial charge in [-0.15, -0.1) is 0 Å². The number of rotatable bonds is 6. The number of carbonyl (C=O) groups is 1. The van der Waals surface area contributed by atoms with Crippen LogP contribution >= 0.6 is 8.03 Å². The largest absolute Gasteiger partial charge is 0.480 e. The second-order valence-electron chi connectivity index (χ2n) is 8.59. The molecule has 0 amide bonds. The van der Waals surface area contributed by atoms with Crippen LogP contribution in [0.3, 0.4) is 0 Å². The molecule has 0 spiro atoms. The summed E-state index contributed by atoms with van der Waals surface area (Å²) < 4.78 is 25.9. The summed E-state index contributed by atoms with van der Waals surface area (Å²) in [4.78, 5) is 26.7. The third-order valence-corrected chi connectivity index (χ3v) is 7.31. The lowest BCUT2D eigenvalue weighted by Crippen LogP contribution is -2.43. The van der Waals surface area contributed by atoms with Gasteiger partial charge in [0.25, 0.3) is 0 Å². The fraction of sp³-hybridized carbons (Fsp3) is 0.259. The van der Waals surface area contributed by atoms with Crippen molar-refractivity contribution < 1.29 is 28.9 Å². The summed E-state index contributed by atoms with van der Waals surface area (Å²) in [6, 6.07) is 15.3. The number of aliphatic hydroxyl groups is 1. The van der Waals surface area contributed by atoms with E-state index in [2.05, 4.69) is 11.8 Å². The summed E-state index contributed by atoms with van der Waals surface area (Å²) in [6.07, 6.45) is -1.71. The van der Waals surface area contributed by atoms with Gasteiger partial charge in [0.1, 0.15) is 5.82 Å². The summed E-state index contributed by atoms with van der Waals surface area (Å²) in [6.45, 7) is 6.77. The third kappa shape index (κ3) is 5.06. The predicted octanol–water partition coefficient (Wildman–Crippen LogP) is 5.01. The van der Waals surface area contributed by atoms with E-state index in [1.54, 1.807) is 12.1 Å². The molecule has 1 heterocycles. The Bertz CT molecular complexity index is 1310. The van der Waals surface area contributed by atoms with Crippen LogP contribution in [0.1, 0.15) is 43.5 Å². The Labute approximate surface area is 204 Å². The summed E-state index contributed by atoms with van der Waals surface area (Å²) >= 11 is 0. The highest BCUT2D eigenvalue weighted by Crippen LogP contribution is 2.40. The van der Waals surface area contributed by atoms with Gasteiger partial charge in [-0.25, -0.2) is 9.18 Å². The Morgan fingerprint density at radius 2 is 1.66 bits per heavy atom. The maximum absolute atomic E-state index is 13.7. The molecule has 1 aromatic heterocycles. The maximum Gasteiger partial charge on any atom is 0.334 e. The molecule has 2 aromatic carbocycles. The monoisotopic (exact) mass is 495 g/mol. The molecule has 3 unspecified atom stereocenters. The number of aliphatic hydroxyl groups excluding tert-OH is 1. The SMILES string of the molecule is Cc1c(-c2ccccc2)nc(C(C)C)c(C#CC(C(=O)O)(C(C)O)[PH](=O)O)c1-c1ccc(F)cc1. The topological polar surface area (TPSA) is 108 Å². The first kappa shape index (κ1) is 26.3. The van der Waals surface area contributed by atoms with Gasteiger partial charge in [-0.3, -0.25) is 9.55 Å². The number of aliphatic carboxylic acids is 1. The second kappa shape index (κ2) is 10.5. The molecule has 3 N–H and O–H groups in total. The summed E-state index contributed by atoms with van der Waals surface area (Å²) in [7, 11) is -3.82. The van der Waals surface area contributed by atoms with Crippen molar-refractivity contribution >= 4 is 14.0 Å². The Kier molecular flexibility index (Phi) is 7.92. The van der Waals surface area contributed by atoms with Gasteiger partial charge >= 0.3 is 5.97 Å². The van der Waals surface area contributed by atoms with Gasteiger partial charge in [-0.1, -0.05) is 68.2 Å². The van der Waals surface area contributed by atoms with Crippen LogP contribution in [0.5, 0.6) is 0 Å². The van der Waals surface area contributed by atoms with Crippen LogP contribution in [0.25, 0.3) is 22.4 Å². The lowest BCUT2D eigenvalue weighted by molar-refractivity contribution is -0.141. The molecule has 6 nitrogen and oxygen atoms in total. The average Bonchev–Trinajstić information content (AvgIpc) is 2.80. The van der Waals surface area contributed by atoms with E-state index in [0.717, 1.165) is 18.1 Å². The van der Waals surface area contributed by atoms with Gasteiger partial charge in [0.05, 0.1) is 23.1 Å². The van der Waals surface area contributed by atoms with Crippen LogP contribution in [-0.4, -0.2) is 37.3 Å². The Hall–Kier alpha value is -3.30. The first-order valence-electron chi connectivity index (χ1n) is 11.0. The van der Waals surface area contributed by atoms with Crippen molar-refractivity contribution in [2.75, 3.05) is 0 Å². The van der Waals surface area contributed by atoms with E-state index >= 15 is 0 Å². The number of aromatic nitrogens is 1. The third-order valence-electron chi connectivity index (χ3n) is 5.88. The smallest absolute Gasteiger partial charge is 0.334 e. The fourth-order valence-electron chi connectivity index (χ4n) is 3.91. The Morgan fingerprint density at radius 1 is 1.06 bits per heavy atom. The molecule has 182 valence electrons. The second-order valence-corrected chi connectivity index (χ2v) is 9.99. The van der Waals surface area contributed by atoms with Gasteiger partial charge in [-0.2, -0.15) is 0 Å². The van der Waals surface area contributed by atoms with Gasteiger partial charge < -0.3 is 15.1 Å². The predicted molar refractivity (Wildman–Crippen MR) is 134 cm³/mol. The van der Waals surface area contributed by atoms with E-state index in [4.69, 9.17) is 4.98 Å². The van der Waals surface area contributed by atoms with Crippen LogP contribution in [0.2, 0.25) is 0 Å². The quantitative estimate of drug-likeness (QED) is 0.328. The molecule has 0 aliphatic carbocycles. The lowest BCUT2D eigenvalue weighted by Gasteiger charge is -2.24. The molecule has 8 heteroatoms. The van der Waals surface area contributed by atoms with Gasteiger partial charge in [0, 0.05) is 11.1 Å². The zero-order valence-electron chi connectivity index (χ0n) is 19.8. The van der Waals surface area contributed by atoms with Crippen molar-refractivity contribution in [1.29, 1.82) is 0 Å². The lowest BCUT2D eigenvalue weighted by atomic mass is 9.88. The number of hydrogen-bond acceptors (Lipinski definition) is 4. The number of nitrogens with zero attached hydrogens (tertiary/aromatic N) is 1. The van der Waals surface area contributed by atoms with Gasteiger partial charge in [-0.05, 0) is 43.0 Å². The van der Waals surface area contributed by atoms with Crippen LogP contribution in [0.15, 0.2) is 54.6 Å². The Balaban J connectivity index is 2.46. The van der Waals surface area contributed by atoms with Crippen molar-refractivity contribution in [3.05, 3.63) is 77.2 Å². The van der Waals surface area contributed by atoms with E-state index in [1.165, 1.54) is 12.1 Å². The first-order chi connectivity index (χ1) is 16.5. The van der Waals surface area contributed by atoms with E-state index in [0.29, 0.717) is 28.1 Å². The minimum Gasteiger partial charge on any atom is -0.480 e. The molecule has 3 aromatic rings. The number of pyridine rings is 1. The Morgan fingerprint density at radius 3 is 2.14 bits per heavy atom. The van der Waals surface area contributed by atoms with Crippen molar-refractivity contribution in [2.24, 2.45) is 0 Å². The van der Waals surface area contributed by atoms with Crippen molar-refractivity contribution in [2.45, 2.75) is 44.9 Å². The van der Waals surface area contributed by atoms with Crippen LogP contribution < -0.4 is 0 Å². The highest BCUT2D eigenvalue weighted by atomic mass is 31.1. The molecular weight excluding hydrogens is 468 g/mol. The van der Waals surface area contributed by atoms with Crippen LogP contribution in [0.4, 0.5) is 4.39 Å².